The van der Waals surface area contributed by atoms with Crippen LogP contribution < -0.4 is 4.74 Å². The Labute approximate surface area is 197 Å². The third-order valence-electron chi connectivity index (χ3n) is 7.88. The van der Waals surface area contributed by atoms with Gasteiger partial charge in [-0.25, -0.2) is 0 Å². The molecule has 0 radical (unpaired) electrons. The molecule has 7 unspecified atom stereocenters. The van der Waals surface area contributed by atoms with Crippen LogP contribution in [0.2, 0.25) is 5.02 Å². The van der Waals surface area contributed by atoms with E-state index in [1.165, 1.54) is 24.0 Å². The van der Waals surface area contributed by atoms with E-state index in [4.69, 9.17) is 32.7 Å². The topological polar surface area (TPSA) is 99.4 Å². The first kappa shape index (κ1) is 22.9. The molecule has 1 saturated heterocycles. The minimum absolute atomic E-state index is 0.0301. The largest absolute Gasteiger partial charge is 0.460 e. The van der Waals surface area contributed by atoms with Gasteiger partial charge in [-0.3, -0.25) is 0 Å². The Bertz CT molecular complexity index is 900. The number of aliphatic hydroxyl groups is 4. The standard InChI is InChI=1S/C24H30Cl2O6/c1-11(19-14-4-12-5-15(19)9-24(26,7-12)8-14)13-2-3-16(25)17(6-13)31-23-22(30)21(29)20(28)18(10-27)32-23/h2-3,6,12,14-15,18,20-23,27-30H,4-5,7-10H2,1H3. The van der Waals surface area contributed by atoms with Crippen LogP contribution in [0.1, 0.15) is 44.6 Å². The van der Waals surface area contributed by atoms with Gasteiger partial charge in [0.1, 0.15) is 30.2 Å². The Hall–Kier alpha value is -0.860. The maximum absolute atomic E-state index is 10.3. The molecule has 0 aromatic heterocycles. The Balaban J connectivity index is 1.42. The number of ether oxygens (including phenoxy) is 2. The predicted molar refractivity (Wildman–Crippen MR) is 121 cm³/mol. The molecule has 0 spiro atoms. The molecule has 4 aliphatic carbocycles. The van der Waals surface area contributed by atoms with E-state index in [0.29, 0.717) is 22.6 Å². The molecule has 1 heterocycles. The number of aliphatic hydroxyl groups excluding tert-OH is 4. The smallest absolute Gasteiger partial charge is 0.229 e. The number of alkyl halides is 1. The molecular weight excluding hydrogens is 455 g/mol. The second-order valence-corrected chi connectivity index (χ2v) is 11.2. The quantitative estimate of drug-likeness (QED) is 0.490. The van der Waals surface area contributed by atoms with Gasteiger partial charge in [0.25, 0.3) is 0 Å². The van der Waals surface area contributed by atoms with Gasteiger partial charge in [0.2, 0.25) is 6.29 Å². The highest BCUT2D eigenvalue weighted by atomic mass is 35.5. The Morgan fingerprint density at radius 3 is 2.41 bits per heavy atom. The third-order valence-corrected chi connectivity index (χ3v) is 8.66. The summed E-state index contributed by atoms with van der Waals surface area (Å²) in [6.07, 6.45) is -1.12. The first-order valence-corrected chi connectivity index (χ1v) is 12.1. The van der Waals surface area contributed by atoms with E-state index in [0.717, 1.165) is 30.7 Å². The second kappa shape index (κ2) is 8.42. The molecule has 4 bridgehead atoms. The Morgan fingerprint density at radius 2 is 1.78 bits per heavy atom. The van der Waals surface area contributed by atoms with Gasteiger partial charge in [0.05, 0.1) is 11.6 Å². The van der Waals surface area contributed by atoms with Crippen LogP contribution in [0.15, 0.2) is 23.8 Å². The van der Waals surface area contributed by atoms with Crippen molar-refractivity contribution in [1.82, 2.24) is 0 Å². The van der Waals surface area contributed by atoms with Crippen molar-refractivity contribution < 1.29 is 29.9 Å². The third kappa shape index (κ3) is 3.88. The molecule has 7 atom stereocenters. The minimum Gasteiger partial charge on any atom is -0.460 e. The lowest BCUT2D eigenvalue weighted by Gasteiger charge is -2.56. The van der Waals surface area contributed by atoms with Crippen LogP contribution in [-0.4, -0.2) is 62.6 Å². The second-order valence-electron chi connectivity index (χ2n) is 10.0. The zero-order valence-electron chi connectivity index (χ0n) is 18.0. The maximum atomic E-state index is 10.3. The molecule has 4 saturated carbocycles. The molecule has 32 heavy (non-hydrogen) atoms. The van der Waals surface area contributed by atoms with Gasteiger partial charge in [-0.05, 0) is 80.1 Å². The summed E-state index contributed by atoms with van der Waals surface area (Å²) < 4.78 is 11.3. The molecule has 1 aromatic carbocycles. The van der Waals surface area contributed by atoms with Crippen LogP contribution in [0.25, 0.3) is 5.57 Å². The number of benzene rings is 1. The summed E-state index contributed by atoms with van der Waals surface area (Å²) in [7, 11) is 0. The number of rotatable bonds is 4. The lowest BCUT2D eigenvalue weighted by molar-refractivity contribution is -0.277. The Morgan fingerprint density at radius 1 is 1.09 bits per heavy atom. The number of hydrogen-bond acceptors (Lipinski definition) is 6. The number of hydrogen-bond donors (Lipinski definition) is 4. The van der Waals surface area contributed by atoms with Crippen molar-refractivity contribution in [3.05, 3.63) is 34.4 Å². The van der Waals surface area contributed by atoms with Crippen LogP contribution in [0.4, 0.5) is 0 Å². The van der Waals surface area contributed by atoms with E-state index in [1.807, 2.05) is 12.1 Å². The van der Waals surface area contributed by atoms with Gasteiger partial charge in [0.15, 0.2) is 0 Å². The highest BCUT2D eigenvalue weighted by Crippen LogP contribution is 2.61. The molecule has 8 heteroatoms. The minimum atomic E-state index is -1.51. The zero-order valence-corrected chi connectivity index (χ0v) is 19.5. The van der Waals surface area contributed by atoms with E-state index in [9.17, 15) is 20.4 Å². The molecule has 5 aliphatic rings. The van der Waals surface area contributed by atoms with Gasteiger partial charge >= 0.3 is 0 Å². The lowest BCUT2D eigenvalue weighted by Crippen LogP contribution is -2.60. The maximum Gasteiger partial charge on any atom is 0.229 e. The van der Waals surface area contributed by atoms with Crippen molar-refractivity contribution in [3.63, 3.8) is 0 Å². The molecule has 1 aliphatic heterocycles. The monoisotopic (exact) mass is 484 g/mol. The highest BCUT2D eigenvalue weighted by molar-refractivity contribution is 6.32. The fraction of sp³-hybridized carbons (Fsp3) is 0.667. The van der Waals surface area contributed by atoms with E-state index in [-0.39, 0.29) is 4.87 Å². The molecule has 5 fully saturated rings. The van der Waals surface area contributed by atoms with Crippen LogP contribution in [-0.2, 0) is 4.74 Å². The SMILES string of the molecule is CC(=C1C2CC3CC1CC(Cl)(C3)C2)c1ccc(Cl)c(OC2OC(CO)C(O)C(O)C2O)c1. The van der Waals surface area contributed by atoms with Crippen LogP contribution >= 0.6 is 23.2 Å². The van der Waals surface area contributed by atoms with Gasteiger partial charge in [-0.15, -0.1) is 11.6 Å². The van der Waals surface area contributed by atoms with Gasteiger partial charge in [-0.1, -0.05) is 23.2 Å². The van der Waals surface area contributed by atoms with Crippen molar-refractivity contribution in [2.45, 2.75) is 74.6 Å². The molecule has 6 nitrogen and oxygen atoms in total. The summed E-state index contributed by atoms with van der Waals surface area (Å²) in [5.74, 6) is 2.08. The fourth-order valence-corrected chi connectivity index (χ4v) is 7.34. The molecule has 6 rings (SSSR count). The summed E-state index contributed by atoms with van der Waals surface area (Å²) in [5, 5.41) is 40.1. The van der Waals surface area contributed by atoms with E-state index in [1.54, 1.807) is 6.07 Å². The average molecular weight is 485 g/mol. The number of halogens is 2. The zero-order chi connectivity index (χ0) is 22.8. The molecule has 0 amide bonds. The summed E-state index contributed by atoms with van der Waals surface area (Å²) in [4.78, 5) is -0.0301. The first-order chi connectivity index (χ1) is 15.2. The van der Waals surface area contributed by atoms with Crippen LogP contribution in [0.3, 0.4) is 0 Å². The summed E-state index contributed by atoms with van der Waals surface area (Å²) in [6.45, 7) is 1.62. The molecule has 1 aromatic rings. The highest BCUT2D eigenvalue weighted by Gasteiger charge is 2.52. The number of allylic oxidation sites excluding steroid dienone is 2. The van der Waals surface area contributed by atoms with Gasteiger partial charge in [0, 0.05) is 4.87 Å². The van der Waals surface area contributed by atoms with E-state index >= 15 is 0 Å². The van der Waals surface area contributed by atoms with Crippen molar-refractivity contribution in [2.24, 2.45) is 17.8 Å². The van der Waals surface area contributed by atoms with Gasteiger partial charge < -0.3 is 29.9 Å². The van der Waals surface area contributed by atoms with Crippen LogP contribution in [0.5, 0.6) is 5.75 Å². The van der Waals surface area contributed by atoms with Gasteiger partial charge in [-0.2, -0.15) is 0 Å². The summed E-state index contributed by atoms with van der Waals surface area (Å²) >= 11 is 13.3. The summed E-state index contributed by atoms with van der Waals surface area (Å²) in [6, 6.07) is 5.54. The molecule has 176 valence electrons. The van der Waals surface area contributed by atoms with E-state index < -0.39 is 37.3 Å². The molecule has 4 N–H and O–H groups in total. The van der Waals surface area contributed by atoms with Crippen molar-refractivity contribution in [1.29, 1.82) is 0 Å². The van der Waals surface area contributed by atoms with Crippen molar-refractivity contribution in [3.8, 4) is 5.75 Å². The fourth-order valence-electron chi connectivity index (χ4n) is 6.59. The van der Waals surface area contributed by atoms with Crippen molar-refractivity contribution in [2.75, 3.05) is 6.61 Å². The normalized spacial score (nSPS) is 42.9. The average Bonchev–Trinajstić information content (AvgIpc) is 2.73. The van der Waals surface area contributed by atoms with E-state index in [2.05, 4.69) is 6.92 Å². The first-order valence-electron chi connectivity index (χ1n) is 11.4. The van der Waals surface area contributed by atoms with Crippen molar-refractivity contribution >= 4 is 28.8 Å². The van der Waals surface area contributed by atoms with Crippen LogP contribution in [0, 0.1) is 17.8 Å². The Kier molecular flexibility index (Phi) is 6.03. The summed E-state index contributed by atoms with van der Waals surface area (Å²) in [5.41, 5.74) is 3.70. The lowest BCUT2D eigenvalue weighted by atomic mass is 9.53. The predicted octanol–water partition coefficient (Wildman–Crippen LogP) is 3.11. The molecular formula is C24H30Cl2O6.